The van der Waals surface area contributed by atoms with E-state index < -0.39 is 29.0 Å². The summed E-state index contributed by atoms with van der Waals surface area (Å²) in [6.45, 7) is 16.2. The molecular weight excluding hydrogens is 809 g/mol. The maximum Gasteiger partial charge on any atom is 0.338 e. The van der Waals surface area contributed by atoms with Crippen LogP contribution in [0, 0.1) is 22.7 Å². The van der Waals surface area contributed by atoms with Gasteiger partial charge in [0.25, 0.3) is 0 Å². The average Bonchev–Trinajstić information content (AvgIpc) is 3.27. The fraction of sp³-hybridized carbons (Fsp3) is 0.611. The molecule has 10 heteroatoms. The predicted molar refractivity (Wildman–Crippen MR) is 245 cm³/mol. The molecule has 2 N–H and O–H groups in total. The molecule has 348 valence electrons. The van der Waals surface area contributed by atoms with Crippen LogP contribution in [-0.4, -0.2) is 66.8 Å². The van der Waals surface area contributed by atoms with E-state index in [2.05, 4.69) is 77.9 Å². The second-order valence-corrected chi connectivity index (χ2v) is 21.0. The highest BCUT2D eigenvalue weighted by Gasteiger charge is 2.57. The lowest BCUT2D eigenvalue weighted by atomic mass is 9.49. The Morgan fingerprint density at radius 1 is 0.609 bits per heavy atom. The Hall–Kier alpha value is -4.09. The summed E-state index contributed by atoms with van der Waals surface area (Å²) in [4.78, 5) is 51.4. The Kier molecular flexibility index (Phi) is 14.5. The lowest BCUT2D eigenvalue weighted by molar-refractivity contribution is -0.315. The van der Waals surface area contributed by atoms with E-state index in [1.165, 1.54) is 33.4 Å². The number of carbonyl (C=O) groups is 3. The topological polar surface area (TPSA) is 138 Å². The van der Waals surface area contributed by atoms with E-state index in [9.17, 15) is 24.6 Å². The van der Waals surface area contributed by atoms with E-state index in [0.29, 0.717) is 17.4 Å². The summed E-state index contributed by atoms with van der Waals surface area (Å²) >= 11 is 0. The zero-order chi connectivity index (χ0) is 46.0. The molecule has 0 radical (unpaired) electrons. The maximum atomic E-state index is 13.8. The molecule has 0 bridgehead atoms. The molecule has 4 aliphatic rings. The normalized spacial score (nSPS) is 28.2. The van der Waals surface area contributed by atoms with Crippen LogP contribution in [0.1, 0.15) is 168 Å². The highest BCUT2D eigenvalue weighted by molar-refractivity contribution is 5.91. The molecule has 10 nitrogen and oxygen atoms in total. The van der Waals surface area contributed by atoms with Gasteiger partial charge in [-0.05, 0) is 145 Å². The molecule has 0 aliphatic heterocycles. The molecule has 3 aromatic rings. The summed E-state index contributed by atoms with van der Waals surface area (Å²) in [7, 11) is 0. The van der Waals surface area contributed by atoms with Gasteiger partial charge < -0.3 is 24.4 Å². The van der Waals surface area contributed by atoms with Crippen molar-refractivity contribution in [1.29, 1.82) is 0 Å². The third kappa shape index (κ3) is 9.45. The molecule has 2 fully saturated rings. The highest BCUT2D eigenvalue weighted by Crippen LogP contribution is 2.59. The predicted octanol–water partition coefficient (Wildman–Crippen LogP) is 9.77. The molecular formula is C54H72O10. The Bertz CT molecular complexity index is 2160. The number of rotatable bonds is 16. The van der Waals surface area contributed by atoms with Crippen LogP contribution in [0.15, 0.2) is 60.7 Å². The van der Waals surface area contributed by atoms with E-state index in [1.807, 2.05) is 13.8 Å². The third-order valence-corrected chi connectivity index (χ3v) is 16.0. The van der Waals surface area contributed by atoms with Crippen LogP contribution in [0.4, 0.5) is 0 Å². The first-order valence-electron chi connectivity index (χ1n) is 23.9. The fourth-order valence-electron chi connectivity index (χ4n) is 12.3. The second-order valence-electron chi connectivity index (χ2n) is 21.0. The Morgan fingerprint density at radius 3 is 1.58 bits per heavy atom. The SMILES string of the molecule is CC(C)c1ccc2c(c1)CCC1C(C)(C(=O)OCC(O)COOCc3ccccc3C(=O)OCC(O)COC(=O)C3(C)CCCC4(C)c5ccc(C(C)C)cc5CCC34)CCCC21C. The summed E-state index contributed by atoms with van der Waals surface area (Å²) in [6, 6.07) is 20.4. The van der Waals surface area contributed by atoms with Crippen molar-refractivity contribution in [2.75, 3.05) is 26.4 Å². The molecule has 0 amide bonds. The van der Waals surface area contributed by atoms with Crippen LogP contribution in [-0.2, 0) is 63.9 Å². The monoisotopic (exact) mass is 881 g/mol. The quantitative estimate of drug-likeness (QED) is 0.0470. The number of carbonyl (C=O) groups excluding carboxylic acids is 3. The van der Waals surface area contributed by atoms with Gasteiger partial charge in [0.05, 0.1) is 16.4 Å². The Labute approximate surface area is 380 Å². The van der Waals surface area contributed by atoms with Gasteiger partial charge >= 0.3 is 17.9 Å². The summed E-state index contributed by atoms with van der Waals surface area (Å²) in [5.41, 5.74) is 7.21. The summed E-state index contributed by atoms with van der Waals surface area (Å²) in [6.07, 6.45) is 6.67. The van der Waals surface area contributed by atoms with Gasteiger partial charge in [0, 0.05) is 0 Å². The Balaban J connectivity index is 0.845. The van der Waals surface area contributed by atoms with Crippen molar-refractivity contribution < 1.29 is 48.6 Å². The van der Waals surface area contributed by atoms with E-state index in [0.717, 1.165) is 64.2 Å². The van der Waals surface area contributed by atoms with E-state index in [4.69, 9.17) is 24.0 Å². The van der Waals surface area contributed by atoms with Crippen LogP contribution in [0.25, 0.3) is 0 Å². The number of aliphatic hydroxyl groups is 2. The van der Waals surface area contributed by atoms with Crippen molar-refractivity contribution in [3.8, 4) is 0 Å². The number of ether oxygens (including phenoxy) is 3. The lowest BCUT2D eigenvalue weighted by Crippen LogP contribution is -2.53. The first kappa shape index (κ1) is 47.9. The van der Waals surface area contributed by atoms with Crippen molar-refractivity contribution in [3.05, 3.63) is 105 Å². The molecule has 0 spiro atoms. The van der Waals surface area contributed by atoms with Crippen LogP contribution >= 0.6 is 0 Å². The number of esters is 3. The summed E-state index contributed by atoms with van der Waals surface area (Å²) < 4.78 is 17.0. The molecule has 0 heterocycles. The van der Waals surface area contributed by atoms with Crippen LogP contribution < -0.4 is 0 Å². The van der Waals surface area contributed by atoms with Crippen molar-refractivity contribution in [2.45, 2.75) is 161 Å². The molecule has 3 aromatic carbocycles. The molecule has 0 saturated heterocycles. The number of aliphatic hydroxyl groups excluding tert-OH is 2. The minimum absolute atomic E-state index is 0.110. The molecule has 4 aliphatic carbocycles. The zero-order valence-corrected chi connectivity index (χ0v) is 39.5. The molecule has 7 rings (SSSR count). The standard InChI is InChI=1S/C54H72O10/c1-34(2)36-15-19-44-38(27-36)17-21-46-51(44,5)23-11-25-53(46,7)49(58)61-31-41(55)30-60-48(57)43-14-10-9-13-40(43)29-63-64-33-42(56)32-62-50(59)54(8)26-12-24-52(6)45-20-16-37(35(3)4)28-39(45)18-22-47(52)54/h9-10,13-16,19-20,27-28,34-35,41-42,46-47,55-56H,11-12,17-18,21-26,29-33H2,1-8H3. The van der Waals surface area contributed by atoms with E-state index in [1.54, 1.807) is 24.3 Å². The van der Waals surface area contributed by atoms with Crippen LogP contribution in [0.5, 0.6) is 0 Å². The first-order chi connectivity index (χ1) is 30.4. The van der Waals surface area contributed by atoms with Crippen molar-refractivity contribution >= 4 is 17.9 Å². The maximum absolute atomic E-state index is 13.8. The van der Waals surface area contributed by atoms with E-state index in [-0.39, 0.29) is 73.2 Å². The van der Waals surface area contributed by atoms with Gasteiger partial charge in [-0.2, -0.15) is 0 Å². The van der Waals surface area contributed by atoms with Gasteiger partial charge in [-0.3, -0.25) is 9.59 Å². The minimum atomic E-state index is -1.21. The largest absolute Gasteiger partial charge is 0.462 e. The van der Waals surface area contributed by atoms with Crippen molar-refractivity contribution in [1.82, 2.24) is 0 Å². The second kappa shape index (κ2) is 19.4. The first-order valence-corrected chi connectivity index (χ1v) is 23.9. The number of fused-ring (bicyclic) bond motifs is 6. The third-order valence-electron chi connectivity index (χ3n) is 16.0. The van der Waals surface area contributed by atoms with Gasteiger partial charge in [-0.25, -0.2) is 14.6 Å². The van der Waals surface area contributed by atoms with Gasteiger partial charge in [0.2, 0.25) is 0 Å². The average molecular weight is 881 g/mol. The molecule has 64 heavy (non-hydrogen) atoms. The van der Waals surface area contributed by atoms with Gasteiger partial charge in [-0.1, -0.05) is 109 Å². The van der Waals surface area contributed by atoms with Gasteiger partial charge in [-0.15, -0.1) is 0 Å². The van der Waals surface area contributed by atoms with Crippen molar-refractivity contribution in [2.24, 2.45) is 22.7 Å². The van der Waals surface area contributed by atoms with Gasteiger partial charge in [0.15, 0.2) is 0 Å². The molecule has 0 aromatic heterocycles. The molecule has 8 unspecified atom stereocenters. The smallest absolute Gasteiger partial charge is 0.338 e. The van der Waals surface area contributed by atoms with Crippen molar-refractivity contribution in [3.63, 3.8) is 0 Å². The minimum Gasteiger partial charge on any atom is -0.462 e. The lowest BCUT2D eigenvalue weighted by Gasteiger charge is -2.54. The van der Waals surface area contributed by atoms with Crippen LogP contribution in [0.2, 0.25) is 0 Å². The van der Waals surface area contributed by atoms with E-state index >= 15 is 0 Å². The number of aryl methyl sites for hydroxylation is 2. The highest BCUT2D eigenvalue weighted by atomic mass is 17.2. The Morgan fingerprint density at radius 2 is 1.08 bits per heavy atom. The molecule has 8 atom stereocenters. The number of benzene rings is 3. The fourth-order valence-corrected chi connectivity index (χ4v) is 12.3. The summed E-state index contributed by atoms with van der Waals surface area (Å²) in [5.74, 6) is -0.135. The van der Waals surface area contributed by atoms with Gasteiger partial charge in [0.1, 0.15) is 45.2 Å². The summed E-state index contributed by atoms with van der Waals surface area (Å²) in [5, 5.41) is 21.5. The van der Waals surface area contributed by atoms with Crippen LogP contribution in [0.3, 0.4) is 0 Å². The zero-order valence-electron chi connectivity index (χ0n) is 39.5. The number of hydrogen-bond donors (Lipinski definition) is 2. The number of hydrogen-bond acceptors (Lipinski definition) is 10. The molecule has 2 saturated carbocycles.